The average Bonchev–Trinajstić information content (AvgIpc) is 3.23. The van der Waals surface area contributed by atoms with Gasteiger partial charge in [-0.1, -0.05) is 13.3 Å². The quantitative estimate of drug-likeness (QED) is 0.899. The number of hydrogen-bond donors (Lipinski definition) is 1. The van der Waals surface area contributed by atoms with Crippen molar-refractivity contribution in [1.29, 1.82) is 0 Å². The Kier molecular flexibility index (Phi) is 5.01. The van der Waals surface area contributed by atoms with Crippen LogP contribution in [0.25, 0.3) is 10.4 Å². The second kappa shape index (κ2) is 7.03. The number of aliphatic hydroxyl groups is 1. The number of nitrogens with zero attached hydrogens (tertiary/aromatic N) is 2. The van der Waals surface area contributed by atoms with E-state index in [2.05, 4.69) is 11.9 Å². The van der Waals surface area contributed by atoms with Gasteiger partial charge in [-0.15, -0.1) is 11.3 Å². The lowest BCUT2D eigenvalue weighted by atomic mass is 9.83. The van der Waals surface area contributed by atoms with Gasteiger partial charge in [-0.3, -0.25) is 9.78 Å². The maximum Gasteiger partial charge on any atom is 0.263 e. The summed E-state index contributed by atoms with van der Waals surface area (Å²) < 4.78 is 0. The molecule has 4 nitrogen and oxygen atoms in total. The first-order valence-corrected chi connectivity index (χ1v) is 9.31. The van der Waals surface area contributed by atoms with Crippen LogP contribution in [0.4, 0.5) is 0 Å². The van der Waals surface area contributed by atoms with Crippen LogP contribution in [0.5, 0.6) is 0 Å². The molecule has 0 aliphatic carbocycles. The Hall–Kier alpha value is -1.72. The third-order valence-electron chi connectivity index (χ3n) is 4.94. The zero-order chi connectivity index (χ0) is 17.2. The van der Waals surface area contributed by atoms with Crippen LogP contribution in [-0.4, -0.2) is 40.6 Å². The molecule has 1 atom stereocenters. The zero-order valence-electron chi connectivity index (χ0n) is 14.3. The van der Waals surface area contributed by atoms with Crippen molar-refractivity contribution >= 4 is 17.2 Å². The van der Waals surface area contributed by atoms with Crippen molar-refractivity contribution in [1.82, 2.24) is 9.88 Å². The maximum absolute atomic E-state index is 12.8. The SMILES string of the molecule is CCCC1(CO)CCN(C(=O)c2ccc(-c3ccncc3C)s2)C1. The van der Waals surface area contributed by atoms with Crippen molar-refractivity contribution in [2.45, 2.75) is 33.1 Å². The molecule has 1 unspecified atom stereocenters. The van der Waals surface area contributed by atoms with E-state index < -0.39 is 0 Å². The van der Waals surface area contributed by atoms with Gasteiger partial charge in [0.25, 0.3) is 5.91 Å². The number of aryl methyl sites for hydroxylation is 1. The Morgan fingerprint density at radius 2 is 2.25 bits per heavy atom. The number of amides is 1. The molecule has 2 aromatic heterocycles. The largest absolute Gasteiger partial charge is 0.396 e. The van der Waals surface area contributed by atoms with E-state index >= 15 is 0 Å². The lowest BCUT2D eigenvalue weighted by Gasteiger charge is -2.26. The third-order valence-corrected chi connectivity index (χ3v) is 6.05. The summed E-state index contributed by atoms with van der Waals surface area (Å²) in [6.45, 7) is 5.73. The number of likely N-dealkylation sites (tertiary alicyclic amines) is 1. The van der Waals surface area contributed by atoms with E-state index in [0.29, 0.717) is 6.54 Å². The van der Waals surface area contributed by atoms with Gasteiger partial charge in [0, 0.05) is 35.8 Å². The molecular formula is C19H24N2O2S. The standard InChI is InChI=1S/C19H24N2O2S/c1-3-7-19(13-22)8-10-21(12-19)18(23)17-5-4-16(24-17)15-6-9-20-11-14(15)2/h4-6,9,11,22H,3,7-8,10,12-13H2,1-2H3. The van der Waals surface area contributed by atoms with Crippen LogP contribution in [0.3, 0.4) is 0 Å². The van der Waals surface area contributed by atoms with Gasteiger partial charge in [0.2, 0.25) is 0 Å². The number of carbonyl (C=O) groups is 1. The number of aliphatic hydroxyl groups excluding tert-OH is 1. The van der Waals surface area contributed by atoms with Gasteiger partial charge in [-0.05, 0) is 49.1 Å². The molecule has 1 fully saturated rings. The molecule has 2 aromatic rings. The molecule has 1 amide bonds. The Morgan fingerprint density at radius 3 is 2.96 bits per heavy atom. The smallest absolute Gasteiger partial charge is 0.263 e. The highest BCUT2D eigenvalue weighted by molar-refractivity contribution is 7.17. The number of rotatable bonds is 5. The first-order chi connectivity index (χ1) is 11.6. The molecule has 0 bridgehead atoms. The van der Waals surface area contributed by atoms with E-state index in [1.165, 1.54) is 11.3 Å². The summed E-state index contributed by atoms with van der Waals surface area (Å²) in [5.74, 6) is 0.0874. The Labute approximate surface area is 147 Å². The minimum atomic E-state index is -0.105. The second-order valence-corrected chi connectivity index (χ2v) is 7.82. The summed E-state index contributed by atoms with van der Waals surface area (Å²) in [5.41, 5.74) is 2.14. The topological polar surface area (TPSA) is 53.4 Å². The van der Waals surface area contributed by atoms with Crippen LogP contribution in [0.15, 0.2) is 30.6 Å². The number of pyridine rings is 1. The highest BCUT2D eigenvalue weighted by Gasteiger charge is 2.39. The van der Waals surface area contributed by atoms with E-state index in [0.717, 1.165) is 46.7 Å². The van der Waals surface area contributed by atoms with Crippen molar-refractivity contribution in [2.24, 2.45) is 5.41 Å². The van der Waals surface area contributed by atoms with Crippen molar-refractivity contribution in [3.8, 4) is 10.4 Å². The van der Waals surface area contributed by atoms with Crippen molar-refractivity contribution in [2.75, 3.05) is 19.7 Å². The third kappa shape index (κ3) is 3.23. The van der Waals surface area contributed by atoms with Crippen LogP contribution in [0.2, 0.25) is 0 Å². The molecule has 0 saturated carbocycles. The average molecular weight is 344 g/mol. The van der Waals surface area contributed by atoms with Gasteiger partial charge in [-0.2, -0.15) is 0 Å². The normalized spacial score (nSPS) is 20.5. The molecule has 128 valence electrons. The minimum absolute atomic E-state index is 0.0874. The van der Waals surface area contributed by atoms with Gasteiger partial charge in [0.1, 0.15) is 0 Å². The van der Waals surface area contributed by atoms with E-state index in [4.69, 9.17) is 0 Å². The first-order valence-electron chi connectivity index (χ1n) is 8.49. The molecule has 0 aromatic carbocycles. The molecule has 5 heteroatoms. The molecule has 24 heavy (non-hydrogen) atoms. The molecule has 1 N–H and O–H groups in total. The summed E-state index contributed by atoms with van der Waals surface area (Å²) in [6.07, 6.45) is 6.53. The predicted octanol–water partition coefficient (Wildman–Crippen LogP) is 3.74. The predicted molar refractivity (Wildman–Crippen MR) is 97.2 cm³/mol. The Morgan fingerprint density at radius 1 is 1.42 bits per heavy atom. The molecule has 0 radical (unpaired) electrons. The molecule has 1 saturated heterocycles. The molecule has 1 aliphatic heterocycles. The van der Waals surface area contributed by atoms with Crippen LogP contribution in [0, 0.1) is 12.3 Å². The Bertz CT molecular complexity index is 728. The number of carbonyl (C=O) groups excluding carboxylic acids is 1. The van der Waals surface area contributed by atoms with Crippen LogP contribution < -0.4 is 0 Å². The fourth-order valence-electron chi connectivity index (χ4n) is 3.55. The van der Waals surface area contributed by atoms with Crippen molar-refractivity contribution in [3.63, 3.8) is 0 Å². The summed E-state index contributed by atoms with van der Waals surface area (Å²) in [4.78, 5) is 20.7. The van der Waals surface area contributed by atoms with Gasteiger partial charge >= 0.3 is 0 Å². The zero-order valence-corrected chi connectivity index (χ0v) is 15.1. The van der Waals surface area contributed by atoms with E-state index in [9.17, 15) is 9.90 Å². The number of aromatic nitrogens is 1. The summed E-state index contributed by atoms with van der Waals surface area (Å²) in [7, 11) is 0. The summed E-state index contributed by atoms with van der Waals surface area (Å²) in [5, 5.41) is 9.76. The van der Waals surface area contributed by atoms with E-state index in [1.54, 1.807) is 6.20 Å². The van der Waals surface area contributed by atoms with Crippen molar-refractivity contribution in [3.05, 3.63) is 41.0 Å². The van der Waals surface area contributed by atoms with Crippen LogP contribution >= 0.6 is 11.3 Å². The second-order valence-electron chi connectivity index (χ2n) is 6.74. The maximum atomic E-state index is 12.8. The highest BCUT2D eigenvalue weighted by Crippen LogP contribution is 2.37. The van der Waals surface area contributed by atoms with Crippen molar-refractivity contribution < 1.29 is 9.90 Å². The number of thiophene rings is 1. The fraction of sp³-hybridized carbons (Fsp3) is 0.474. The van der Waals surface area contributed by atoms with Gasteiger partial charge in [0.15, 0.2) is 0 Å². The highest BCUT2D eigenvalue weighted by atomic mass is 32.1. The molecule has 1 aliphatic rings. The van der Waals surface area contributed by atoms with E-state index in [1.807, 2.05) is 36.2 Å². The lowest BCUT2D eigenvalue weighted by molar-refractivity contribution is 0.0734. The van der Waals surface area contributed by atoms with Gasteiger partial charge < -0.3 is 10.0 Å². The summed E-state index contributed by atoms with van der Waals surface area (Å²) in [6, 6.07) is 5.92. The monoisotopic (exact) mass is 344 g/mol. The first kappa shape index (κ1) is 17.1. The molecule has 0 spiro atoms. The fourth-order valence-corrected chi connectivity index (χ4v) is 4.62. The minimum Gasteiger partial charge on any atom is -0.396 e. The van der Waals surface area contributed by atoms with Gasteiger partial charge in [-0.25, -0.2) is 0 Å². The summed E-state index contributed by atoms with van der Waals surface area (Å²) >= 11 is 1.53. The van der Waals surface area contributed by atoms with Gasteiger partial charge in [0.05, 0.1) is 11.5 Å². The lowest BCUT2D eigenvalue weighted by Crippen LogP contribution is -2.33. The molecule has 3 heterocycles. The van der Waals surface area contributed by atoms with Crippen LogP contribution in [-0.2, 0) is 0 Å². The van der Waals surface area contributed by atoms with E-state index in [-0.39, 0.29) is 17.9 Å². The number of hydrogen-bond acceptors (Lipinski definition) is 4. The van der Waals surface area contributed by atoms with Crippen LogP contribution in [0.1, 0.15) is 41.4 Å². The molecular weight excluding hydrogens is 320 g/mol. The Balaban J connectivity index is 1.77. The molecule has 3 rings (SSSR count).